The van der Waals surface area contributed by atoms with Gasteiger partial charge in [-0.15, -0.1) is 0 Å². The molecule has 0 bridgehead atoms. The fourth-order valence-electron chi connectivity index (χ4n) is 5.72. The summed E-state index contributed by atoms with van der Waals surface area (Å²) in [7, 11) is 3.98. The molecule has 1 amide bonds. The number of carbonyl (C=O) groups is 1. The van der Waals surface area contributed by atoms with Crippen LogP contribution < -0.4 is 14.5 Å². The maximum atomic E-state index is 15.3. The number of anilines is 2. The average molecular weight is 564 g/mol. The van der Waals surface area contributed by atoms with E-state index in [-0.39, 0.29) is 31.1 Å². The highest BCUT2D eigenvalue weighted by Gasteiger charge is 2.33. The lowest BCUT2D eigenvalue weighted by atomic mass is 9.97. The van der Waals surface area contributed by atoms with Crippen LogP contribution >= 0.6 is 0 Å². The van der Waals surface area contributed by atoms with Crippen molar-refractivity contribution in [3.8, 4) is 28.3 Å². The van der Waals surface area contributed by atoms with Crippen LogP contribution in [0.5, 0.6) is 5.75 Å². The second-order valence-electron chi connectivity index (χ2n) is 11.0. The first kappa shape index (κ1) is 26.2. The number of hydrogen-bond donors (Lipinski definition) is 2. The number of imidazole rings is 1. The van der Waals surface area contributed by atoms with Crippen molar-refractivity contribution in [3.05, 3.63) is 89.4 Å². The van der Waals surface area contributed by atoms with Gasteiger partial charge in [-0.2, -0.15) is 0 Å². The molecule has 1 fully saturated rings. The molecular formula is C33H30FN5O3. The summed E-state index contributed by atoms with van der Waals surface area (Å²) in [6.45, 7) is 0.0887. The van der Waals surface area contributed by atoms with Crippen molar-refractivity contribution >= 4 is 28.4 Å². The quantitative estimate of drug-likeness (QED) is 0.267. The largest absolute Gasteiger partial charge is 0.491 e. The first-order chi connectivity index (χ1) is 20.4. The zero-order valence-corrected chi connectivity index (χ0v) is 23.4. The summed E-state index contributed by atoms with van der Waals surface area (Å²) in [4.78, 5) is 30.0. The lowest BCUT2D eigenvalue weighted by molar-refractivity contribution is 0.0985. The molecule has 3 aromatic carbocycles. The fourth-order valence-corrected chi connectivity index (χ4v) is 5.72. The lowest BCUT2D eigenvalue weighted by Crippen LogP contribution is -2.33. The summed E-state index contributed by atoms with van der Waals surface area (Å²) in [5, 5.41) is 10.6. The normalized spacial score (nSPS) is 15.0. The Morgan fingerprint density at radius 2 is 1.90 bits per heavy atom. The molecule has 7 rings (SSSR count). The van der Waals surface area contributed by atoms with Crippen molar-refractivity contribution in [1.82, 2.24) is 15.0 Å². The molecule has 0 unspecified atom stereocenters. The molecule has 2 aromatic heterocycles. The van der Waals surface area contributed by atoms with Gasteiger partial charge in [0.05, 0.1) is 24.4 Å². The van der Waals surface area contributed by atoms with Gasteiger partial charge in [-0.1, -0.05) is 12.1 Å². The molecule has 0 spiro atoms. The Morgan fingerprint density at radius 1 is 1.10 bits per heavy atom. The van der Waals surface area contributed by atoms with E-state index in [1.165, 1.54) is 11.0 Å². The summed E-state index contributed by atoms with van der Waals surface area (Å²) in [5.41, 5.74) is 6.61. The first-order valence-corrected chi connectivity index (χ1v) is 14.1. The topological polar surface area (TPSA) is 94.6 Å². The van der Waals surface area contributed by atoms with Crippen molar-refractivity contribution in [2.75, 3.05) is 37.0 Å². The van der Waals surface area contributed by atoms with Crippen LogP contribution in [0.15, 0.2) is 66.9 Å². The van der Waals surface area contributed by atoms with Gasteiger partial charge < -0.3 is 24.6 Å². The van der Waals surface area contributed by atoms with E-state index in [4.69, 9.17) is 9.72 Å². The van der Waals surface area contributed by atoms with Gasteiger partial charge >= 0.3 is 0 Å². The number of nitrogens with one attached hydrogen (secondary N) is 1. The SMILES string of the molecule is CN(C)c1ccc(-c2nc3nccc(-c4cccc(N5CCOc6cc(C7CC7)cc(F)c6C5=O)c4CO)c3[nH]2)cc1. The van der Waals surface area contributed by atoms with Gasteiger partial charge in [0.15, 0.2) is 5.65 Å². The predicted octanol–water partition coefficient (Wildman–Crippen LogP) is 5.91. The highest BCUT2D eigenvalue weighted by Crippen LogP contribution is 2.43. The van der Waals surface area contributed by atoms with Crippen LogP contribution in [0.1, 0.15) is 40.2 Å². The van der Waals surface area contributed by atoms with Crippen LogP contribution in [0.2, 0.25) is 0 Å². The molecule has 8 nitrogen and oxygen atoms in total. The van der Waals surface area contributed by atoms with Crippen molar-refractivity contribution in [3.63, 3.8) is 0 Å². The number of aromatic amines is 1. The monoisotopic (exact) mass is 563 g/mol. The number of nitrogens with zero attached hydrogens (tertiary/aromatic N) is 4. The van der Waals surface area contributed by atoms with Crippen LogP contribution in [0, 0.1) is 5.82 Å². The minimum absolute atomic E-state index is 0.0732. The van der Waals surface area contributed by atoms with E-state index in [1.54, 1.807) is 18.3 Å². The molecule has 2 aliphatic rings. The molecule has 0 saturated heterocycles. The van der Waals surface area contributed by atoms with E-state index in [2.05, 4.69) is 9.97 Å². The van der Waals surface area contributed by atoms with Gasteiger partial charge in [-0.05, 0) is 78.4 Å². The number of aromatic nitrogens is 3. The lowest BCUT2D eigenvalue weighted by Gasteiger charge is -2.24. The summed E-state index contributed by atoms with van der Waals surface area (Å²) in [6, 6.07) is 18.7. The van der Waals surface area contributed by atoms with Gasteiger partial charge in [-0.25, -0.2) is 14.4 Å². The Balaban J connectivity index is 1.29. The highest BCUT2D eigenvalue weighted by molar-refractivity contribution is 6.09. The second-order valence-corrected chi connectivity index (χ2v) is 11.0. The van der Waals surface area contributed by atoms with E-state index >= 15 is 4.39 Å². The number of benzene rings is 3. The molecule has 1 aliphatic carbocycles. The van der Waals surface area contributed by atoms with Crippen LogP contribution in [0.4, 0.5) is 15.8 Å². The summed E-state index contributed by atoms with van der Waals surface area (Å²) < 4.78 is 21.2. The number of fused-ring (bicyclic) bond motifs is 2. The molecule has 42 heavy (non-hydrogen) atoms. The smallest absolute Gasteiger partial charge is 0.265 e. The number of H-pyrrole nitrogens is 1. The average Bonchev–Trinajstić information content (AvgIpc) is 3.78. The minimum Gasteiger partial charge on any atom is -0.491 e. The third-order valence-corrected chi connectivity index (χ3v) is 8.10. The molecule has 2 N–H and O–H groups in total. The van der Waals surface area contributed by atoms with Gasteiger partial charge in [-0.3, -0.25) is 4.79 Å². The molecule has 0 atom stereocenters. The Bertz CT molecular complexity index is 1830. The predicted molar refractivity (Wildman–Crippen MR) is 161 cm³/mol. The highest BCUT2D eigenvalue weighted by atomic mass is 19.1. The molecule has 1 saturated carbocycles. The number of pyridine rings is 1. The summed E-state index contributed by atoms with van der Waals surface area (Å²) >= 11 is 0. The number of carbonyl (C=O) groups excluding carboxylic acids is 1. The van der Waals surface area contributed by atoms with Crippen LogP contribution in [0.25, 0.3) is 33.7 Å². The van der Waals surface area contributed by atoms with Crippen LogP contribution in [-0.4, -0.2) is 53.2 Å². The van der Waals surface area contributed by atoms with Crippen molar-refractivity contribution in [2.24, 2.45) is 0 Å². The second kappa shape index (κ2) is 10.3. The number of hydrogen-bond acceptors (Lipinski definition) is 6. The molecular weight excluding hydrogens is 533 g/mol. The molecule has 5 aromatic rings. The first-order valence-electron chi connectivity index (χ1n) is 14.1. The maximum absolute atomic E-state index is 15.3. The van der Waals surface area contributed by atoms with Gasteiger partial charge in [0.2, 0.25) is 0 Å². The van der Waals surface area contributed by atoms with Crippen molar-refractivity contribution in [1.29, 1.82) is 0 Å². The number of aliphatic hydroxyl groups is 1. The van der Waals surface area contributed by atoms with Gasteiger partial charge in [0.1, 0.15) is 29.6 Å². The Labute approximate surface area is 242 Å². The zero-order chi connectivity index (χ0) is 29.0. The molecule has 0 radical (unpaired) electrons. The fraction of sp³-hybridized carbons (Fsp3) is 0.242. The standard InChI is InChI=1S/C33H30FN5O3/c1-38(2)22-10-8-20(9-11-22)31-36-30-24(12-13-35-32(30)37-31)23-4-3-5-27(25(23)18-40)39-14-15-42-28-17-21(19-6-7-19)16-26(34)29(28)33(39)41/h3-5,8-13,16-17,19,40H,6-7,14-15,18H2,1-2H3,(H,35,36,37). The number of amides is 1. The number of aliphatic hydroxyl groups excluding tert-OH is 1. The third-order valence-electron chi connectivity index (χ3n) is 8.10. The minimum atomic E-state index is -0.576. The summed E-state index contributed by atoms with van der Waals surface area (Å²) in [5.74, 6) is 0.227. The van der Waals surface area contributed by atoms with E-state index in [1.807, 2.05) is 61.5 Å². The molecule has 9 heteroatoms. The molecule has 212 valence electrons. The van der Waals surface area contributed by atoms with Crippen LogP contribution in [-0.2, 0) is 6.61 Å². The van der Waals surface area contributed by atoms with Crippen molar-refractivity contribution in [2.45, 2.75) is 25.4 Å². The number of halogens is 1. The maximum Gasteiger partial charge on any atom is 0.265 e. The zero-order valence-electron chi connectivity index (χ0n) is 23.4. The number of ether oxygens (including phenoxy) is 1. The summed E-state index contributed by atoms with van der Waals surface area (Å²) in [6.07, 6.45) is 3.72. The molecule has 1 aliphatic heterocycles. The van der Waals surface area contributed by atoms with E-state index in [0.29, 0.717) is 34.2 Å². The Kier molecular flexibility index (Phi) is 6.39. The van der Waals surface area contributed by atoms with Gasteiger partial charge in [0.25, 0.3) is 5.91 Å². The van der Waals surface area contributed by atoms with Crippen LogP contribution in [0.3, 0.4) is 0 Å². The number of rotatable bonds is 6. The van der Waals surface area contributed by atoms with E-state index < -0.39 is 11.7 Å². The third kappa shape index (κ3) is 4.46. The van der Waals surface area contributed by atoms with Gasteiger partial charge in [0, 0.05) is 42.7 Å². The molecule has 3 heterocycles. The Hall–Kier alpha value is -4.76. The van der Waals surface area contributed by atoms with E-state index in [0.717, 1.165) is 40.8 Å². The van der Waals surface area contributed by atoms with Crippen molar-refractivity contribution < 1.29 is 19.0 Å². The Morgan fingerprint density at radius 3 is 2.64 bits per heavy atom. The van der Waals surface area contributed by atoms with E-state index in [9.17, 15) is 9.90 Å².